The Balaban J connectivity index is 1.69. The van der Waals surface area contributed by atoms with Crippen LogP contribution in [0.15, 0.2) is 57.7 Å². The van der Waals surface area contributed by atoms with Gasteiger partial charge < -0.3 is 14.1 Å². The summed E-state index contributed by atoms with van der Waals surface area (Å²) in [5.41, 5.74) is 1.87. The number of hydrogen-bond acceptors (Lipinski definition) is 6. The number of sulfone groups is 1. The van der Waals surface area contributed by atoms with E-state index in [1.54, 1.807) is 12.1 Å². The van der Waals surface area contributed by atoms with E-state index in [1.807, 2.05) is 44.2 Å². The molecule has 1 aromatic heterocycles. The number of fused-ring (bicyclic) bond motifs is 1. The van der Waals surface area contributed by atoms with Crippen LogP contribution in [0.4, 0.5) is 0 Å². The Kier molecular flexibility index (Phi) is 6.56. The molecule has 0 bridgehead atoms. The summed E-state index contributed by atoms with van der Waals surface area (Å²) in [5, 5.41) is 0.424. The molecule has 1 aliphatic rings. The predicted molar refractivity (Wildman–Crippen MR) is 126 cm³/mol. The Labute approximate surface area is 192 Å². The number of hydrogen-bond donors (Lipinski definition) is 0. The Morgan fingerprint density at radius 1 is 1.09 bits per heavy atom. The molecule has 0 aliphatic carbocycles. The van der Waals surface area contributed by atoms with Crippen molar-refractivity contribution < 1.29 is 22.4 Å². The van der Waals surface area contributed by atoms with Gasteiger partial charge in [-0.25, -0.2) is 8.42 Å². The average molecular weight is 470 g/mol. The lowest BCUT2D eigenvalue weighted by Gasteiger charge is -2.28. The molecule has 0 spiro atoms. The van der Waals surface area contributed by atoms with Crippen molar-refractivity contribution in [2.75, 3.05) is 18.1 Å². The SMILES string of the molecule is CCOc1ccc(CN(C(=O)c2cc(=O)c3cc(CC)ccc3o2)[C@H]2CCS(=O)(=O)C2)cc1. The summed E-state index contributed by atoms with van der Waals surface area (Å²) in [6.07, 6.45) is 1.13. The van der Waals surface area contributed by atoms with Crippen LogP contribution < -0.4 is 10.2 Å². The molecule has 1 aliphatic heterocycles. The van der Waals surface area contributed by atoms with Gasteiger partial charge in [0.1, 0.15) is 11.3 Å². The third-order valence-electron chi connectivity index (χ3n) is 5.91. The maximum absolute atomic E-state index is 13.5. The van der Waals surface area contributed by atoms with Crippen molar-refractivity contribution in [2.45, 2.75) is 39.3 Å². The van der Waals surface area contributed by atoms with Gasteiger partial charge in [-0.1, -0.05) is 25.1 Å². The summed E-state index contributed by atoms with van der Waals surface area (Å²) < 4.78 is 35.6. The number of carbonyl (C=O) groups is 1. The lowest BCUT2D eigenvalue weighted by atomic mass is 10.1. The fourth-order valence-corrected chi connectivity index (χ4v) is 5.84. The van der Waals surface area contributed by atoms with E-state index in [1.165, 1.54) is 11.0 Å². The maximum atomic E-state index is 13.5. The smallest absolute Gasteiger partial charge is 0.290 e. The molecule has 3 aromatic rings. The van der Waals surface area contributed by atoms with Gasteiger partial charge in [-0.3, -0.25) is 9.59 Å². The minimum Gasteiger partial charge on any atom is -0.494 e. The summed E-state index contributed by atoms with van der Waals surface area (Å²) in [5.74, 6) is 0.0608. The van der Waals surface area contributed by atoms with Gasteiger partial charge in [0.25, 0.3) is 5.91 Å². The monoisotopic (exact) mass is 469 g/mol. The second-order valence-electron chi connectivity index (χ2n) is 8.23. The quantitative estimate of drug-likeness (QED) is 0.525. The van der Waals surface area contributed by atoms with Crippen molar-refractivity contribution in [1.29, 1.82) is 0 Å². The summed E-state index contributed by atoms with van der Waals surface area (Å²) in [4.78, 5) is 27.8. The molecule has 1 saturated heterocycles. The highest BCUT2D eigenvalue weighted by molar-refractivity contribution is 7.91. The van der Waals surface area contributed by atoms with Gasteiger partial charge in [0.15, 0.2) is 21.0 Å². The Bertz CT molecular complexity index is 1330. The van der Waals surface area contributed by atoms with E-state index in [0.717, 1.165) is 23.3 Å². The molecule has 1 amide bonds. The van der Waals surface area contributed by atoms with E-state index in [2.05, 4.69) is 0 Å². The molecule has 0 unspecified atom stereocenters. The van der Waals surface area contributed by atoms with Crippen molar-refractivity contribution in [2.24, 2.45) is 0 Å². The molecule has 7 nitrogen and oxygen atoms in total. The number of ether oxygens (including phenoxy) is 1. The Morgan fingerprint density at radius 2 is 1.82 bits per heavy atom. The molecular formula is C25H27NO6S. The van der Waals surface area contributed by atoms with Crippen LogP contribution in [-0.4, -0.2) is 43.4 Å². The third-order valence-corrected chi connectivity index (χ3v) is 7.66. The molecule has 8 heteroatoms. The van der Waals surface area contributed by atoms with Gasteiger partial charge in [-0.05, 0) is 55.2 Å². The lowest BCUT2D eigenvalue weighted by Crippen LogP contribution is -2.40. The minimum absolute atomic E-state index is 0.0339. The normalized spacial score (nSPS) is 17.2. The molecule has 0 saturated carbocycles. The second-order valence-corrected chi connectivity index (χ2v) is 10.5. The lowest BCUT2D eigenvalue weighted by molar-refractivity contribution is 0.0648. The van der Waals surface area contributed by atoms with E-state index in [4.69, 9.17) is 9.15 Å². The van der Waals surface area contributed by atoms with Crippen molar-refractivity contribution in [3.63, 3.8) is 0 Å². The molecule has 33 heavy (non-hydrogen) atoms. The number of benzene rings is 2. The van der Waals surface area contributed by atoms with Gasteiger partial charge in [0.2, 0.25) is 0 Å². The van der Waals surface area contributed by atoms with Crippen LogP contribution in [0.1, 0.15) is 41.9 Å². The van der Waals surface area contributed by atoms with E-state index in [-0.39, 0.29) is 29.2 Å². The maximum Gasteiger partial charge on any atom is 0.290 e. The van der Waals surface area contributed by atoms with Crippen LogP contribution in [0.3, 0.4) is 0 Å². The third kappa shape index (κ3) is 5.11. The zero-order chi connectivity index (χ0) is 23.6. The topological polar surface area (TPSA) is 93.9 Å². The van der Waals surface area contributed by atoms with Crippen LogP contribution in [0.2, 0.25) is 0 Å². The van der Waals surface area contributed by atoms with Crippen molar-refractivity contribution >= 4 is 26.7 Å². The van der Waals surface area contributed by atoms with Gasteiger partial charge in [-0.2, -0.15) is 0 Å². The molecule has 1 atom stereocenters. The predicted octanol–water partition coefficient (Wildman–Crippen LogP) is 3.58. The van der Waals surface area contributed by atoms with Gasteiger partial charge in [-0.15, -0.1) is 0 Å². The van der Waals surface area contributed by atoms with Crippen LogP contribution in [0.5, 0.6) is 5.75 Å². The minimum atomic E-state index is -3.22. The molecule has 1 fully saturated rings. The standard InChI is InChI=1S/C25H27NO6S/c1-3-17-7-10-23-21(13-17)22(27)14-24(32-23)25(28)26(19-11-12-33(29,30)16-19)15-18-5-8-20(9-6-18)31-4-2/h5-10,13-14,19H,3-4,11-12,15-16H2,1-2H3/t19-/m0/s1. The first kappa shape index (κ1) is 23.0. The highest BCUT2D eigenvalue weighted by Crippen LogP contribution is 2.24. The van der Waals surface area contributed by atoms with E-state index in [9.17, 15) is 18.0 Å². The van der Waals surface area contributed by atoms with Crippen molar-refractivity contribution in [3.8, 4) is 5.75 Å². The summed E-state index contributed by atoms with van der Waals surface area (Å²) >= 11 is 0. The molecule has 2 heterocycles. The number of rotatable bonds is 7. The van der Waals surface area contributed by atoms with Crippen LogP contribution in [0, 0.1) is 0 Å². The molecule has 0 radical (unpaired) electrons. The molecular weight excluding hydrogens is 442 g/mol. The van der Waals surface area contributed by atoms with E-state index in [0.29, 0.717) is 24.0 Å². The highest BCUT2D eigenvalue weighted by atomic mass is 32.2. The fourth-order valence-electron chi connectivity index (χ4n) is 4.11. The molecule has 4 rings (SSSR count). The summed E-state index contributed by atoms with van der Waals surface area (Å²) in [6, 6.07) is 13.4. The van der Waals surface area contributed by atoms with Crippen LogP contribution >= 0.6 is 0 Å². The van der Waals surface area contributed by atoms with Gasteiger partial charge in [0, 0.05) is 18.7 Å². The zero-order valence-corrected chi connectivity index (χ0v) is 19.6. The zero-order valence-electron chi connectivity index (χ0n) is 18.7. The Morgan fingerprint density at radius 3 is 2.45 bits per heavy atom. The molecule has 174 valence electrons. The molecule has 0 N–H and O–H groups in total. The average Bonchev–Trinajstić information content (AvgIpc) is 3.17. The number of nitrogens with zero attached hydrogens (tertiary/aromatic N) is 1. The summed E-state index contributed by atoms with van der Waals surface area (Å²) in [6.45, 7) is 4.64. The van der Waals surface area contributed by atoms with Crippen molar-refractivity contribution in [1.82, 2.24) is 4.90 Å². The van der Waals surface area contributed by atoms with E-state index < -0.39 is 21.8 Å². The fraction of sp³-hybridized carbons (Fsp3) is 0.360. The van der Waals surface area contributed by atoms with Gasteiger partial charge >= 0.3 is 0 Å². The van der Waals surface area contributed by atoms with Crippen molar-refractivity contribution in [3.05, 3.63) is 75.6 Å². The Hall–Kier alpha value is -3.13. The summed E-state index contributed by atoms with van der Waals surface area (Å²) in [7, 11) is -3.22. The van der Waals surface area contributed by atoms with E-state index >= 15 is 0 Å². The first-order chi connectivity index (χ1) is 15.8. The first-order valence-electron chi connectivity index (χ1n) is 11.1. The van der Waals surface area contributed by atoms with Crippen LogP contribution in [0.25, 0.3) is 11.0 Å². The highest BCUT2D eigenvalue weighted by Gasteiger charge is 2.36. The molecule has 2 aromatic carbocycles. The largest absolute Gasteiger partial charge is 0.494 e. The second kappa shape index (κ2) is 9.39. The number of carbonyl (C=O) groups excluding carboxylic acids is 1. The first-order valence-corrected chi connectivity index (χ1v) is 12.9. The van der Waals surface area contributed by atoms with Crippen LogP contribution in [-0.2, 0) is 22.8 Å². The number of amides is 1. The van der Waals surface area contributed by atoms with Gasteiger partial charge in [0.05, 0.1) is 23.5 Å². The number of aryl methyl sites for hydroxylation is 1.